The normalized spacial score (nSPS) is 12.5. The summed E-state index contributed by atoms with van der Waals surface area (Å²) >= 11 is 0. The van der Waals surface area contributed by atoms with Gasteiger partial charge in [-0.2, -0.15) is 0 Å². The number of oxazole rings is 1. The van der Waals surface area contributed by atoms with Crippen molar-refractivity contribution in [1.29, 1.82) is 0 Å². The molecule has 1 aromatic heterocycles. The van der Waals surface area contributed by atoms with Crippen molar-refractivity contribution in [2.75, 3.05) is 6.54 Å². The van der Waals surface area contributed by atoms with Gasteiger partial charge in [-0.25, -0.2) is 4.79 Å². The van der Waals surface area contributed by atoms with Gasteiger partial charge in [-0.3, -0.25) is 9.78 Å². The van der Waals surface area contributed by atoms with E-state index in [1.54, 1.807) is 12.1 Å². The van der Waals surface area contributed by atoms with E-state index in [-0.39, 0.29) is 11.8 Å². The van der Waals surface area contributed by atoms with Gasteiger partial charge in [0.25, 0.3) is 0 Å². The quantitative estimate of drug-likeness (QED) is 0.739. The molecule has 1 atom stereocenters. The predicted octanol–water partition coefficient (Wildman–Crippen LogP) is 0.722. The first-order valence-corrected chi connectivity index (χ1v) is 6.17. The molecule has 4 N–H and O–H groups in total. The summed E-state index contributed by atoms with van der Waals surface area (Å²) in [6.07, 6.45) is 0.418. The second kappa shape index (κ2) is 5.71. The van der Waals surface area contributed by atoms with Crippen LogP contribution in [0.2, 0.25) is 0 Å². The van der Waals surface area contributed by atoms with Gasteiger partial charge in [-0.15, -0.1) is 0 Å². The predicted molar refractivity (Wildman–Crippen MR) is 71.5 cm³/mol. The van der Waals surface area contributed by atoms with Crippen LogP contribution in [-0.2, 0) is 11.3 Å². The van der Waals surface area contributed by atoms with E-state index in [1.807, 2.05) is 13.0 Å². The van der Waals surface area contributed by atoms with Crippen LogP contribution in [0.15, 0.2) is 27.4 Å². The number of nitrogens with two attached hydrogens (primary N) is 1. The molecule has 0 aliphatic carbocycles. The van der Waals surface area contributed by atoms with Crippen molar-refractivity contribution in [3.8, 4) is 0 Å². The van der Waals surface area contributed by atoms with Gasteiger partial charge in [0, 0.05) is 13.0 Å². The van der Waals surface area contributed by atoms with E-state index in [0.29, 0.717) is 30.6 Å². The summed E-state index contributed by atoms with van der Waals surface area (Å²) in [6, 6.07) is 5.30. The lowest BCUT2D eigenvalue weighted by Crippen LogP contribution is -2.26. The molecule has 0 saturated carbocycles. The second-order valence-corrected chi connectivity index (χ2v) is 4.67. The number of carbonyl (C=O) groups is 1. The highest BCUT2D eigenvalue weighted by Gasteiger charge is 2.07. The third-order valence-electron chi connectivity index (χ3n) is 2.91. The van der Waals surface area contributed by atoms with Crippen LogP contribution in [0.1, 0.15) is 18.9 Å². The minimum Gasteiger partial charge on any atom is -0.408 e. The molecule has 0 aliphatic rings. The van der Waals surface area contributed by atoms with E-state index in [2.05, 4.69) is 10.3 Å². The van der Waals surface area contributed by atoms with Crippen LogP contribution < -0.4 is 16.8 Å². The molecule has 1 amide bonds. The van der Waals surface area contributed by atoms with Gasteiger partial charge in [-0.05, 0) is 30.2 Å². The van der Waals surface area contributed by atoms with Crippen LogP contribution >= 0.6 is 0 Å². The molecule has 0 fully saturated rings. The van der Waals surface area contributed by atoms with Crippen LogP contribution in [0.3, 0.4) is 0 Å². The van der Waals surface area contributed by atoms with Crippen molar-refractivity contribution >= 4 is 17.0 Å². The Bertz CT molecular complexity index is 629. The Morgan fingerprint density at radius 3 is 3.05 bits per heavy atom. The molecule has 0 aliphatic heterocycles. The van der Waals surface area contributed by atoms with Gasteiger partial charge in [0.1, 0.15) is 0 Å². The first kappa shape index (κ1) is 13.4. The van der Waals surface area contributed by atoms with Crippen LogP contribution in [0.5, 0.6) is 0 Å². The molecule has 1 unspecified atom stereocenters. The largest absolute Gasteiger partial charge is 0.417 e. The molecule has 1 aromatic carbocycles. The fraction of sp³-hybridized carbons (Fsp3) is 0.385. The van der Waals surface area contributed by atoms with Gasteiger partial charge in [0.05, 0.1) is 5.52 Å². The highest BCUT2D eigenvalue weighted by Crippen LogP contribution is 2.12. The molecule has 0 bridgehead atoms. The van der Waals surface area contributed by atoms with Crippen LogP contribution in [0.25, 0.3) is 11.1 Å². The Labute approximate surface area is 110 Å². The van der Waals surface area contributed by atoms with E-state index in [1.165, 1.54) is 0 Å². The summed E-state index contributed by atoms with van der Waals surface area (Å²) in [5, 5.41) is 2.82. The smallest absolute Gasteiger partial charge is 0.408 e. The van der Waals surface area contributed by atoms with Crippen molar-refractivity contribution in [3.63, 3.8) is 0 Å². The van der Waals surface area contributed by atoms with E-state index in [9.17, 15) is 9.59 Å². The molecule has 19 heavy (non-hydrogen) atoms. The Morgan fingerprint density at radius 1 is 1.53 bits per heavy atom. The molecule has 6 nitrogen and oxygen atoms in total. The number of rotatable bonds is 5. The average molecular weight is 263 g/mol. The first-order chi connectivity index (χ1) is 9.08. The maximum atomic E-state index is 11.6. The highest BCUT2D eigenvalue weighted by molar-refractivity contribution is 5.76. The standard InChI is InChI=1S/C13H17N3O3/c1-8(6-14)4-12(17)15-7-9-2-3-11-10(5-9)16-13(18)19-11/h2-3,5,8H,4,6-7,14H2,1H3,(H,15,17)(H,16,18). The minimum atomic E-state index is -0.479. The third kappa shape index (κ3) is 3.45. The molecule has 6 heteroatoms. The van der Waals surface area contributed by atoms with Crippen molar-refractivity contribution in [1.82, 2.24) is 10.3 Å². The van der Waals surface area contributed by atoms with Gasteiger partial charge < -0.3 is 15.5 Å². The minimum absolute atomic E-state index is 0.0289. The molecule has 2 rings (SSSR count). The lowest BCUT2D eigenvalue weighted by Gasteiger charge is -2.09. The fourth-order valence-corrected chi connectivity index (χ4v) is 1.78. The van der Waals surface area contributed by atoms with Gasteiger partial charge in [0.2, 0.25) is 5.91 Å². The van der Waals surface area contributed by atoms with Crippen molar-refractivity contribution in [2.45, 2.75) is 19.9 Å². The number of H-pyrrole nitrogens is 1. The molecule has 1 heterocycles. The maximum absolute atomic E-state index is 11.6. The average Bonchev–Trinajstić information content (AvgIpc) is 2.75. The number of aromatic amines is 1. The topological polar surface area (TPSA) is 101 Å². The monoisotopic (exact) mass is 263 g/mol. The molecule has 0 spiro atoms. The van der Waals surface area contributed by atoms with Gasteiger partial charge >= 0.3 is 5.76 Å². The molecule has 0 radical (unpaired) electrons. The lowest BCUT2D eigenvalue weighted by molar-refractivity contribution is -0.122. The number of nitrogens with one attached hydrogen (secondary N) is 2. The van der Waals surface area contributed by atoms with Crippen molar-refractivity contribution in [2.24, 2.45) is 11.7 Å². The lowest BCUT2D eigenvalue weighted by atomic mass is 10.1. The van der Waals surface area contributed by atoms with Gasteiger partial charge in [-0.1, -0.05) is 13.0 Å². The number of aromatic nitrogens is 1. The summed E-state index contributed by atoms with van der Waals surface area (Å²) < 4.78 is 4.90. The zero-order valence-electron chi connectivity index (χ0n) is 10.7. The fourth-order valence-electron chi connectivity index (χ4n) is 1.78. The second-order valence-electron chi connectivity index (χ2n) is 4.67. The number of hydrogen-bond acceptors (Lipinski definition) is 4. The first-order valence-electron chi connectivity index (χ1n) is 6.17. The molecule has 102 valence electrons. The van der Waals surface area contributed by atoms with E-state index in [0.717, 1.165) is 5.56 Å². The number of benzene rings is 1. The SMILES string of the molecule is CC(CN)CC(=O)NCc1ccc2oc(=O)[nH]c2c1. The zero-order chi connectivity index (χ0) is 13.8. The van der Waals surface area contributed by atoms with Gasteiger partial charge in [0.15, 0.2) is 5.58 Å². The molecular weight excluding hydrogens is 246 g/mol. The van der Waals surface area contributed by atoms with Crippen molar-refractivity contribution < 1.29 is 9.21 Å². The Hall–Kier alpha value is -2.08. The van der Waals surface area contributed by atoms with E-state index < -0.39 is 5.76 Å². The highest BCUT2D eigenvalue weighted by atomic mass is 16.4. The van der Waals surface area contributed by atoms with Crippen molar-refractivity contribution in [3.05, 3.63) is 34.3 Å². The number of fused-ring (bicyclic) bond motifs is 1. The third-order valence-corrected chi connectivity index (χ3v) is 2.91. The van der Waals surface area contributed by atoms with Crippen LogP contribution in [0.4, 0.5) is 0 Å². The summed E-state index contributed by atoms with van der Waals surface area (Å²) in [7, 11) is 0. The molecule has 0 saturated heterocycles. The number of carbonyl (C=O) groups excluding carboxylic acids is 1. The summed E-state index contributed by atoms with van der Waals surface area (Å²) in [6.45, 7) is 2.84. The number of hydrogen-bond donors (Lipinski definition) is 3. The Morgan fingerprint density at radius 2 is 2.32 bits per heavy atom. The zero-order valence-corrected chi connectivity index (χ0v) is 10.7. The van der Waals surface area contributed by atoms with E-state index >= 15 is 0 Å². The Balaban J connectivity index is 1.97. The summed E-state index contributed by atoms with van der Waals surface area (Å²) in [5.41, 5.74) is 7.51. The maximum Gasteiger partial charge on any atom is 0.417 e. The van der Waals surface area contributed by atoms with Crippen LogP contribution in [0, 0.1) is 5.92 Å². The molecular formula is C13H17N3O3. The van der Waals surface area contributed by atoms with E-state index in [4.69, 9.17) is 10.2 Å². The summed E-state index contributed by atoms with van der Waals surface area (Å²) in [4.78, 5) is 25.2. The van der Waals surface area contributed by atoms with Crippen LogP contribution in [-0.4, -0.2) is 17.4 Å². The Kier molecular flexibility index (Phi) is 4.01. The molecule has 2 aromatic rings. The summed E-state index contributed by atoms with van der Waals surface area (Å²) in [5.74, 6) is -0.334. The number of amides is 1.